The zero-order chi connectivity index (χ0) is 27.4. The van der Waals surface area contributed by atoms with E-state index in [0.717, 1.165) is 24.0 Å². The quantitative estimate of drug-likeness (QED) is 0.366. The molecule has 0 radical (unpaired) electrons. The fraction of sp³-hybridized carbons (Fsp3) is 0.517. The number of carbonyl (C=O) groups excluding carboxylic acids is 2. The van der Waals surface area contributed by atoms with Gasteiger partial charge < -0.3 is 10.2 Å². The van der Waals surface area contributed by atoms with Gasteiger partial charge in [-0.3, -0.25) is 13.9 Å². The number of nitrogens with one attached hydrogen (secondary N) is 1. The lowest BCUT2D eigenvalue weighted by molar-refractivity contribution is -0.141. The maximum absolute atomic E-state index is 13.5. The molecule has 204 valence electrons. The van der Waals surface area contributed by atoms with Crippen molar-refractivity contribution in [2.75, 3.05) is 23.7 Å². The molecule has 0 spiro atoms. The summed E-state index contributed by atoms with van der Waals surface area (Å²) in [4.78, 5) is 28.2. The van der Waals surface area contributed by atoms with Crippen LogP contribution in [0.2, 0.25) is 0 Å². The van der Waals surface area contributed by atoms with Gasteiger partial charge in [-0.1, -0.05) is 63.2 Å². The van der Waals surface area contributed by atoms with Crippen LogP contribution in [-0.2, 0) is 32.5 Å². The van der Waals surface area contributed by atoms with E-state index in [9.17, 15) is 18.0 Å². The lowest BCUT2D eigenvalue weighted by Crippen LogP contribution is -2.51. The molecule has 7 nitrogen and oxygen atoms in total. The van der Waals surface area contributed by atoms with Crippen molar-refractivity contribution >= 4 is 27.5 Å². The maximum Gasteiger partial charge on any atom is 0.243 e. The normalized spacial score (nSPS) is 13.0. The molecule has 0 heterocycles. The third kappa shape index (κ3) is 9.50. The number of anilines is 1. The highest BCUT2D eigenvalue weighted by Crippen LogP contribution is 2.20. The van der Waals surface area contributed by atoms with Crippen molar-refractivity contribution in [3.05, 3.63) is 65.7 Å². The number of amides is 2. The minimum absolute atomic E-state index is 0.0232. The molecule has 0 fully saturated rings. The van der Waals surface area contributed by atoms with Crippen molar-refractivity contribution in [3.63, 3.8) is 0 Å². The fourth-order valence-electron chi connectivity index (χ4n) is 4.24. The first-order valence-corrected chi connectivity index (χ1v) is 15.2. The summed E-state index contributed by atoms with van der Waals surface area (Å²) in [7, 11) is -3.51. The molecule has 0 saturated heterocycles. The molecule has 2 aromatic rings. The van der Waals surface area contributed by atoms with Crippen LogP contribution in [0.5, 0.6) is 0 Å². The molecular weight excluding hydrogens is 486 g/mol. The second-order valence-electron chi connectivity index (χ2n) is 9.52. The van der Waals surface area contributed by atoms with E-state index in [-0.39, 0.29) is 30.8 Å². The Labute approximate surface area is 223 Å². The van der Waals surface area contributed by atoms with Gasteiger partial charge in [0.1, 0.15) is 6.04 Å². The molecule has 2 aromatic carbocycles. The van der Waals surface area contributed by atoms with Crippen molar-refractivity contribution in [1.82, 2.24) is 10.2 Å². The second kappa shape index (κ2) is 14.8. The van der Waals surface area contributed by atoms with E-state index >= 15 is 0 Å². The Morgan fingerprint density at radius 1 is 0.892 bits per heavy atom. The summed E-state index contributed by atoms with van der Waals surface area (Å²) in [5.74, 6) is -0.288. The van der Waals surface area contributed by atoms with Gasteiger partial charge in [-0.25, -0.2) is 8.42 Å². The molecule has 0 aliphatic heterocycles. The molecule has 0 saturated carbocycles. The fourth-order valence-corrected chi connectivity index (χ4v) is 5.20. The van der Waals surface area contributed by atoms with Crippen molar-refractivity contribution in [3.8, 4) is 0 Å². The highest BCUT2D eigenvalue weighted by molar-refractivity contribution is 7.92. The van der Waals surface area contributed by atoms with E-state index in [1.807, 2.05) is 70.2 Å². The average Bonchev–Trinajstić information content (AvgIpc) is 2.88. The highest BCUT2D eigenvalue weighted by Gasteiger charge is 2.29. The van der Waals surface area contributed by atoms with E-state index in [4.69, 9.17) is 0 Å². The van der Waals surface area contributed by atoms with Gasteiger partial charge in [0.15, 0.2) is 0 Å². The number of hydrogen-bond acceptors (Lipinski definition) is 4. The minimum atomic E-state index is -3.51. The summed E-state index contributed by atoms with van der Waals surface area (Å²) in [6.45, 7) is 8.53. The first-order chi connectivity index (χ1) is 17.6. The molecule has 2 atom stereocenters. The van der Waals surface area contributed by atoms with Gasteiger partial charge in [0, 0.05) is 25.6 Å². The summed E-state index contributed by atoms with van der Waals surface area (Å²) in [6.07, 6.45) is 4.51. The molecule has 2 amide bonds. The van der Waals surface area contributed by atoms with Crippen LogP contribution in [0.3, 0.4) is 0 Å². The first kappa shape index (κ1) is 30.4. The monoisotopic (exact) mass is 529 g/mol. The standard InChI is InChI=1S/C29H43N3O4S/c1-6-23(4)30-29(34)27(8-3)31(22-20-25-13-10-9-11-14-25)28(33)15-12-21-32(37(5,35)36)26-18-16-24(7-2)17-19-26/h9-11,13-14,16-19,23,27H,6-8,12,15,20-22H2,1-5H3,(H,30,34)/t23-,27+/m0/s1. The highest BCUT2D eigenvalue weighted by atomic mass is 32.2. The van der Waals surface area contributed by atoms with E-state index < -0.39 is 16.1 Å². The molecule has 37 heavy (non-hydrogen) atoms. The van der Waals surface area contributed by atoms with Gasteiger partial charge in [0.25, 0.3) is 0 Å². The molecule has 0 aliphatic rings. The Kier molecular flexibility index (Phi) is 12.1. The van der Waals surface area contributed by atoms with Crippen LogP contribution >= 0.6 is 0 Å². The third-order valence-electron chi connectivity index (χ3n) is 6.66. The lowest BCUT2D eigenvalue weighted by Gasteiger charge is -2.32. The van der Waals surface area contributed by atoms with Crippen molar-refractivity contribution in [2.24, 2.45) is 0 Å². The molecule has 2 rings (SSSR count). The van der Waals surface area contributed by atoms with E-state index in [2.05, 4.69) is 5.32 Å². The number of hydrogen-bond donors (Lipinski definition) is 1. The van der Waals surface area contributed by atoms with Crippen LogP contribution in [0.1, 0.15) is 64.5 Å². The molecule has 0 unspecified atom stereocenters. The molecule has 0 bridgehead atoms. The lowest BCUT2D eigenvalue weighted by atomic mass is 10.1. The van der Waals surface area contributed by atoms with Gasteiger partial charge in [-0.15, -0.1) is 0 Å². The first-order valence-electron chi connectivity index (χ1n) is 13.3. The molecule has 8 heteroatoms. The molecule has 1 N–H and O–H groups in total. The van der Waals surface area contributed by atoms with Gasteiger partial charge in [-0.2, -0.15) is 0 Å². The van der Waals surface area contributed by atoms with Crippen LogP contribution in [0.25, 0.3) is 0 Å². The van der Waals surface area contributed by atoms with Crippen LogP contribution in [0.15, 0.2) is 54.6 Å². The predicted molar refractivity (Wildman–Crippen MR) is 151 cm³/mol. The SMILES string of the molecule is CCc1ccc(N(CCCC(=O)N(CCc2ccccc2)[C@H](CC)C(=O)N[C@@H](C)CC)S(C)(=O)=O)cc1. The summed E-state index contributed by atoms with van der Waals surface area (Å²) >= 11 is 0. The number of aryl methyl sites for hydroxylation is 1. The molecular formula is C29H43N3O4S. The van der Waals surface area contributed by atoms with E-state index in [1.54, 1.807) is 17.0 Å². The second-order valence-corrected chi connectivity index (χ2v) is 11.4. The molecule has 0 aliphatic carbocycles. The van der Waals surface area contributed by atoms with Crippen LogP contribution < -0.4 is 9.62 Å². The van der Waals surface area contributed by atoms with Gasteiger partial charge in [0.2, 0.25) is 21.8 Å². The largest absolute Gasteiger partial charge is 0.352 e. The van der Waals surface area contributed by atoms with Gasteiger partial charge >= 0.3 is 0 Å². The van der Waals surface area contributed by atoms with Crippen molar-refractivity contribution in [1.29, 1.82) is 0 Å². The van der Waals surface area contributed by atoms with Crippen LogP contribution in [-0.4, -0.2) is 56.6 Å². The topological polar surface area (TPSA) is 86.8 Å². The summed E-state index contributed by atoms with van der Waals surface area (Å²) in [6, 6.07) is 16.8. The Hall–Kier alpha value is -2.87. The number of rotatable bonds is 15. The van der Waals surface area contributed by atoms with Gasteiger partial charge in [0.05, 0.1) is 11.9 Å². The maximum atomic E-state index is 13.5. The minimum Gasteiger partial charge on any atom is -0.352 e. The molecule has 0 aromatic heterocycles. The van der Waals surface area contributed by atoms with Crippen molar-refractivity contribution < 1.29 is 18.0 Å². The number of nitrogens with zero attached hydrogens (tertiary/aromatic N) is 2. The third-order valence-corrected chi connectivity index (χ3v) is 7.85. The zero-order valence-corrected chi connectivity index (χ0v) is 23.8. The summed E-state index contributed by atoms with van der Waals surface area (Å²) in [5.41, 5.74) is 2.81. The zero-order valence-electron chi connectivity index (χ0n) is 22.9. The Bertz CT molecular complexity index is 1090. The summed E-state index contributed by atoms with van der Waals surface area (Å²) in [5, 5.41) is 3.02. The Morgan fingerprint density at radius 2 is 1.54 bits per heavy atom. The van der Waals surface area contributed by atoms with Crippen LogP contribution in [0, 0.1) is 0 Å². The number of benzene rings is 2. The van der Waals surface area contributed by atoms with E-state index in [0.29, 0.717) is 31.5 Å². The van der Waals surface area contributed by atoms with Crippen molar-refractivity contribution in [2.45, 2.75) is 78.3 Å². The number of sulfonamides is 1. The Balaban J connectivity index is 2.16. The summed E-state index contributed by atoms with van der Waals surface area (Å²) < 4.78 is 26.4. The smallest absolute Gasteiger partial charge is 0.243 e. The Morgan fingerprint density at radius 3 is 2.08 bits per heavy atom. The number of carbonyl (C=O) groups is 2. The predicted octanol–water partition coefficient (Wildman–Crippen LogP) is 4.56. The average molecular weight is 530 g/mol. The van der Waals surface area contributed by atoms with Gasteiger partial charge in [-0.05, 0) is 62.3 Å². The van der Waals surface area contributed by atoms with Crippen LogP contribution in [0.4, 0.5) is 5.69 Å². The van der Waals surface area contributed by atoms with E-state index in [1.165, 1.54) is 10.6 Å².